The minimum absolute atomic E-state index is 0.181. The van der Waals surface area contributed by atoms with E-state index in [1.165, 1.54) is 11.1 Å². The fraction of sp³-hybridized carbons (Fsp3) is 0.200. The number of carbonyl (C=O) groups excluding carboxylic acids is 1. The molecule has 0 saturated carbocycles. The first-order chi connectivity index (χ1) is 18.0. The average Bonchev–Trinajstić information content (AvgIpc) is 3.20. The average molecular weight is 491 g/mol. The van der Waals surface area contributed by atoms with Crippen molar-refractivity contribution in [1.29, 1.82) is 5.41 Å². The van der Waals surface area contributed by atoms with Crippen molar-refractivity contribution in [2.24, 2.45) is 0 Å². The zero-order valence-corrected chi connectivity index (χ0v) is 21.1. The lowest BCUT2D eigenvalue weighted by atomic mass is 10.0. The minimum Gasteiger partial charge on any atom is -0.349 e. The van der Waals surface area contributed by atoms with Crippen molar-refractivity contribution in [2.75, 3.05) is 6.54 Å². The smallest absolute Gasteiger partial charge is 0.271 e. The summed E-state index contributed by atoms with van der Waals surface area (Å²) in [6.07, 6.45) is 2.21. The van der Waals surface area contributed by atoms with Crippen molar-refractivity contribution >= 4 is 16.9 Å². The highest BCUT2D eigenvalue weighted by atomic mass is 16.1. The predicted octanol–water partition coefficient (Wildman–Crippen LogP) is 4.59. The van der Waals surface area contributed by atoms with Crippen LogP contribution in [0.15, 0.2) is 91.1 Å². The highest BCUT2D eigenvalue weighted by Crippen LogP contribution is 2.22. The molecule has 2 heterocycles. The van der Waals surface area contributed by atoms with Gasteiger partial charge in [0.1, 0.15) is 0 Å². The molecule has 186 valence electrons. The Balaban J connectivity index is 1.54. The van der Waals surface area contributed by atoms with Gasteiger partial charge in [0, 0.05) is 12.7 Å². The quantitative estimate of drug-likeness (QED) is 0.333. The highest BCUT2D eigenvalue weighted by molar-refractivity contribution is 5.92. The molecule has 1 unspecified atom stereocenters. The van der Waals surface area contributed by atoms with Crippen LogP contribution in [0.5, 0.6) is 0 Å². The largest absolute Gasteiger partial charge is 0.349 e. The molecule has 7 heteroatoms. The third-order valence-corrected chi connectivity index (χ3v) is 6.64. The molecule has 0 bridgehead atoms. The van der Waals surface area contributed by atoms with Crippen molar-refractivity contribution in [1.82, 2.24) is 24.6 Å². The normalized spacial score (nSPS) is 11.9. The Morgan fingerprint density at radius 3 is 2.16 bits per heavy atom. The molecule has 0 fully saturated rings. The van der Waals surface area contributed by atoms with E-state index in [-0.39, 0.29) is 17.6 Å². The second-order valence-corrected chi connectivity index (χ2v) is 9.42. The number of para-hydroxylation sites is 2. The van der Waals surface area contributed by atoms with Crippen LogP contribution in [0, 0.1) is 19.3 Å². The van der Waals surface area contributed by atoms with Crippen LogP contribution in [-0.2, 0) is 13.0 Å². The second-order valence-electron chi connectivity index (χ2n) is 9.42. The summed E-state index contributed by atoms with van der Waals surface area (Å²) >= 11 is 0. The fourth-order valence-electron chi connectivity index (χ4n) is 4.63. The molecule has 0 aliphatic carbocycles. The van der Waals surface area contributed by atoms with Gasteiger partial charge in [0.25, 0.3) is 5.91 Å². The first-order valence-electron chi connectivity index (χ1n) is 12.4. The van der Waals surface area contributed by atoms with E-state index in [0.717, 1.165) is 22.2 Å². The Labute approximate surface area is 215 Å². The lowest BCUT2D eigenvalue weighted by Crippen LogP contribution is -2.37. The molecule has 1 atom stereocenters. The van der Waals surface area contributed by atoms with Crippen molar-refractivity contribution in [2.45, 2.75) is 32.9 Å². The molecule has 0 spiro atoms. The Hall–Kier alpha value is -4.52. The number of benzene rings is 3. The maximum Gasteiger partial charge on any atom is 0.271 e. The van der Waals surface area contributed by atoms with Crippen LogP contribution in [0.25, 0.3) is 11.0 Å². The molecule has 5 rings (SSSR count). The van der Waals surface area contributed by atoms with E-state index >= 15 is 0 Å². The number of aryl methyl sites for hydroxylation is 2. The predicted molar refractivity (Wildman–Crippen MR) is 144 cm³/mol. The monoisotopic (exact) mass is 490 g/mol. The third kappa shape index (κ3) is 5.35. The van der Waals surface area contributed by atoms with Gasteiger partial charge < -0.3 is 14.5 Å². The number of aromatic nitrogens is 4. The van der Waals surface area contributed by atoms with Gasteiger partial charge in [0.05, 0.1) is 23.6 Å². The van der Waals surface area contributed by atoms with Crippen LogP contribution in [0.2, 0.25) is 0 Å². The van der Waals surface area contributed by atoms with Crippen LogP contribution in [0.1, 0.15) is 38.8 Å². The van der Waals surface area contributed by atoms with Gasteiger partial charge in [-0.25, -0.2) is 0 Å². The second kappa shape index (κ2) is 10.6. The number of hydrogen-bond acceptors (Lipinski definition) is 4. The Kier molecular flexibility index (Phi) is 6.94. The van der Waals surface area contributed by atoms with Crippen LogP contribution in [0.3, 0.4) is 0 Å². The van der Waals surface area contributed by atoms with Gasteiger partial charge in [-0.2, -0.15) is 5.10 Å². The summed E-state index contributed by atoms with van der Waals surface area (Å²) in [6.45, 7) is 5.08. The molecular weight excluding hydrogens is 460 g/mol. The molecule has 5 aromatic rings. The summed E-state index contributed by atoms with van der Waals surface area (Å²) < 4.78 is 4.08. The molecule has 0 aliphatic heterocycles. The Bertz CT molecular complexity index is 1570. The molecule has 1 amide bonds. The van der Waals surface area contributed by atoms with Crippen molar-refractivity contribution in [3.8, 4) is 0 Å². The number of carbonyl (C=O) groups is 1. The van der Waals surface area contributed by atoms with Gasteiger partial charge >= 0.3 is 0 Å². The summed E-state index contributed by atoms with van der Waals surface area (Å²) in [5.41, 5.74) is 7.30. The number of nitrogens with zero attached hydrogens (tertiary/aromatic N) is 4. The molecule has 3 aromatic carbocycles. The fourth-order valence-corrected chi connectivity index (χ4v) is 4.63. The van der Waals surface area contributed by atoms with E-state index in [0.29, 0.717) is 25.1 Å². The van der Waals surface area contributed by atoms with Gasteiger partial charge in [0.2, 0.25) is 5.62 Å². The lowest BCUT2D eigenvalue weighted by molar-refractivity contribution is 0.0941. The highest BCUT2D eigenvalue weighted by Gasteiger charge is 2.21. The van der Waals surface area contributed by atoms with E-state index in [1.54, 1.807) is 18.3 Å². The van der Waals surface area contributed by atoms with E-state index in [4.69, 9.17) is 0 Å². The van der Waals surface area contributed by atoms with Crippen LogP contribution in [-0.4, -0.2) is 31.8 Å². The molecule has 0 radical (unpaired) electrons. The number of rotatable bonds is 8. The maximum absolute atomic E-state index is 12.8. The molecule has 0 saturated heterocycles. The maximum atomic E-state index is 12.8. The molecule has 2 N–H and O–H groups in total. The summed E-state index contributed by atoms with van der Waals surface area (Å²) in [5.74, 6) is -0.280. The minimum atomic E-state index is -0.280. The van der Waals surface area contributed by atoms with Gasteiger partial charge in [0.15, 0.2) is 5.69 Å². The summed E-state index contributed by atoms with van der Waals surface area (Å²) in [5, 5.41) is 20.0. The summed E-state index contributed by atoms with van der Waals surface area (Å²) in [4.78, 5) is 12.8. The standard InChI is InChI=1S/C30H30N6O/c1-21-9-13-23(14-10-21)18-25(19-32-29(37)26-6-5-17-33-34-26)36-28-8-4-3-7-27(28)35(30(36)31)20-24-15-11-22(2)12-16-24/h3-17,25,31H,18-20H2,1-2H3,(H,32,37). The first kappa shape index (κ1) is 24.2. The van der Waals surface area contributed by atoms with Gasteiger partial charge in [-0.1, -0.05) is 71.8 Å². The van der Waals surface area contributed by atoms with Crippen molar-refractivity contribution in [3.05, 3.63) is 125 Å². The molecule has 37 heavy (non-hydrogen) atoms. The molecule has 2 aromatic heterocycles. The van der Waals surface area contributed by atoms with Crippen LogP contribution >= 0.6 is 0 Å². The lowest BCUT2D eigenvalue weighted by Gasteiger charge is -2.21. The number of amides is 1. The Morgan fingerprint density at radius 2 is 1.51 bits per heavy atom. The van der Waals surface area contributed by atoms with Crippen molar-refractivity contribution in [3.63, 3.8) is 0 Å². The topological polar surface area (TPSA) is 88.6 Å². The van der Waals surface area contributed by atoms with Crippen LogP contribution in [0.4, 0.5) is 0 Å². The molecule has 7 nitrogen and oxygen atoms in total. The van der Waals surface area contributed by atoms with E-state index in [2.05, 4.69) is 84.0 Å². The van der Waals surface area contributed by atoms with Gasteiger partial charge in [-0.05, 0) is 55.7 Å². The first-order valence-corrected chi connectivity index (χ1v) is 12.4. The van der Waals surface area contributed by atoms with E-state index in [1.807, 2.05) is 27.3 Å². The molecular formula is C30H30N6O. The van der Waals surface area contributed by atoms with E-state index < -0.39 is 0 Å². The van der Waals surface area contributed by atoms with Gasteiger partial charge in [-0.15, -0.1) is 5.10 Å². The van der Waals surface area contributed by atoms with Crippen LogP contribution < -0.4 is 10.9 Å². The van der Waals surface area contributed by atoms with Crippen molar-refractivity contribution < 1.29 is 4.79 Å². The zero-order chi connectivity index (χ0) is 25.8. The van der Waals surface area contributed by atoms with Gasteiger partial charge in [-0.3, -0.25) is 10.2 Å². The number of nitrogens with one attached hydrogen (secondary N) is 2. The summed E-state index contributed by atoms with van der Waals surface area (Å²) in [7, 11) is 0. The molecule has 0 aliphatic rings. The number of fused-ring (bicyclic) bond motifs is 1. The number of imidazole rings is 1. The third-order valence-electron chi connectivity index (χ3n) is 6.64. The summed E-state index contributed by atoms with van der Waals surface area (Å²) in [6, 6.07) is 28.1. The SMILES string of the molecule is Cc1ccc(CC(CNC(=O)c2cccnn2)n2c(=N)n(Cc3ccc(C)cc3)c3ccccc32)cc1. The Morgan fingerprint density at radius 1 is 0.865 bits per heavy atom. The zero-order valence-electron chi connectivity index (χ0n) is 21.1. The van der Waals surface area contributed by atoms with E-state index in [9.17, 15) is 10.2 Å². The number of hydrogen-bond donors (Lipinski definition) is 2.